The quantitative estimate of drug-likeness (QED) is 0.551. The minimum absolute atomic E-state index is 0.0545. The number of carboxylic acids is 1. The fraction of sp³-hybridized carbons (Fsp3) is 0.526. The predicted octanol–water partition coefficient (Wildman–Crippen LogP) is 0.608. The van der Waals surface area contributed by atoms with E-state index in [0.717, 1.165) is 19.4 Å². The first kappa shape index (κ1) is 19.2. The molecule has 2 amide bonds. The van der Waals surface area contributed by atoms with Gasteiger partial charge in [-0.15, -0.1) is 0 Å². The summed E-state index contributed by atoms with van der Waals surface area (Å²) in [5.41, 5.74) is 5.55. The second-order valence-electron chi connectivity index (χ2n) is 7.33. The van der Waals surface area contributed by atoms with Crippen LogP contribution in [0.5, 0.6) is 5.75 Å². The maximum absolute atomic E-state index is 12.0. The van der Waals surface area contributed by atoms with Gasteiger partial charge in [-0.05, 0) is 55.9 Å². The molecule has 0 atom stereocenters. The second kappa shape index (κ2) is 8.39. The fourth-order valence-electron chi connectivity index (χ4n) is 3.29. The van der Waals surface area contributed by atoms with E-state index in [1.54, 1.807) is 24.3 Å². The first-order valence-electron chi connectivity index (χ1n) is 9.18. The van der Waals surface area contributed by atoms with E-state index in [4.69, 9.17) is 15.6 Å². The molecule has 2 fully saturated rings. The Balaban J connectivity index is 1.37. The van der Waals surface area contributed by atoms with Crippen LogP contribution in [0.2, 0.25) is 0 Å². The summed E-state index contributed by atoms with van der Waals surface area (Å²) in [6, 6.07) is 6.54. The normalized spacial score (nSPS) is 21.4. The summed E-state index contributed by atoms with van der Waals surface area (Å²) in [5.74, 6) is -0.424. The Morgan fingerprint density at radius 3 is 2.41 bits per heavy atom. The Kier molecular flexibility index (Phi) is 5.95. The molecule has 0 heterocycles. The number of benzene rings is 1. The maximum atomic E-state index is 12.0. The van der Waals surface area contributed by atoms with Crippen LogP contribution in [0.25, 0.3) is 0 Å². The van der Waals surface area contributed by atoms with Gasteiger partial charge in [-0.2, -0.15) is 0 Å². The van der Waals surface area contributed by atoms with Crippen molar-refractivity contribution in [2.24, 2.45) is 11.7 Å². The number of nitrogens with two attached hydrogens (primary N) is 1. The van der Waals surface area contributed by atoms with Gasteiger partial charge in [-0.3, -0.25) is 19.3 Å². The van der Waals surface area contributed by atoms with E-state index in [1.165, 1.54) is 12.8 Å². The van der Waals surface area contributed by atoms with Crippen LogP contribution in [0.15, 0.2) is 24.3 Å². The lowest BCUT2D eigenvalue weighted by molar-refractivity contribution is -0.140. The van der Waals surface area contributed by atoms with Gasteiger partial charge < -0.3 is 20.9 Å². The van der Waals surface area contributed by atoms with Crippen LogP contribution < -0.4 is 15.8 Å². The Morgan fingerprint density at radius 1 is 1.19 bits per heavy atom. The summed E-state index contributed by atoms with van der Waals surface area (Å²) in [6.45, 7) is 0.784. The summed E-state index contributed by atoms with van der Waals surface area (Å²) in [6.07, 6.45) is 3.89. The molecule has 0 radical (unpaired) electrons. The third-order valence-corrected chi connectivity index (χ3v) is 5.03. The van der Waals surface area contributed by atoms with E-state index < -0.39 is 11.9 Å². The van der Waals surface area contributed by atoms with E-state index in [9.17, 15) is 14.4 Å². The van der Waals surface area contributed by atoms with Gasteiger partial charge in [0, 0.05) is 24.2 Å². The van der Waals surface area contributed by atoms with Crippen molar-refractivity contribution in [1.29, 1.82) is 0 Å². The Labute approximate surface area is 157 Å². The fourth-order valence-corrected chi connectivity index (χ4v) is 3.29. The second-order valence-corrected chi connectivity index (χ2v) is 7.33. The van der Waals surface area contributed by atoms with Crippen LogP contribution in [0.3, 0.4) is 0 Å². The summed E-state index contributed by atoms with van der Waals surface area (Å²) >= 11 is 0. The van der Waals surface area contributed by atoms with Crippen LogP contribution in [0.1, 0.15) is 36.0 Å². The third kappa shape index (κ3) is 5.68. The molecule has 1 aromatic rings. The van der Waals surface area contributed by atoms with Crippen LogP contribution in [0.4, 0.5) is 0 Å². The first-order valence-corrected chi connectivity index (χ1v) is 9.18. The molecule has 8 nitrogen and oxygen atoms in total. The summed E-state index contributed by atoms with van der Waals surface area (Å²) in [7, 11) is 0. The van der Waals surface area contributed by atoms with E-state index in [0.29, 0.717) is 17.2 Å². The minimum Gasteiger partial charge on any atom is -0.484 e. The zero-order valence-electron chi connectivity index (χ0n) is 15.1. The van der Waals surface area contributed by atoms with Crippen molar-refractivity contribution in [2.45, 2.75) is 37.8 Å². The number of nitrogens with zero attached hydrogens (tertiary/aromatic N) is 1. The molecule has 146 valence electrons. The number of primary amides is 1. The predicted molar refractivity (Wildman–Crippen MR) is 97.3 cm³/mol. The highest BCUT2D eigenvalue weighted by Gasteiger charge is 2.37. The van der Waals surface area contributed by atoms with Gasteiger partial charge >= 0.3 is 5.97 Å². The monoisotopic (exact) mass is 375 g/mol. The van der Waals surface area contributed by atoms with Crippen molar-refractivity contribution in [1.82, 2.24) is 10.2 Å². The van der Waals surface area contributed by atoms with Gasteiger partial charge in [0.05, 0.1) is 6.54 Å². The topological polar surface area (TPSA) is 122 Å². The van der Waals surface area contributed by atoms with Gasteiger partial charge in [-0.25, -0.2) is 0 Å². The summed E-state index contributed by atoms with van der Waals surface area (Å²) in [5, 5.41) is 12.0. The van der Waals surface area contributed by atoms with Crippen molar-refractivity contribution in [2.75, 3.05) is 19.7 Å². The number of amides is 2. The van der Waals surface area contributed by atoms with E-state index >= 15 is 0 Å². The molecular formula is C19H25N3O5. The Bertz CT molecular complexity index is 696. The SMILES string of the molecule is NC(=O)c1ccc(OCC(=O)NC2CC(N(CC(=O)O)CC3CC3)C2)cc1. The van der Waals surface area contributed by atoms with Gasteiger partial charge in [0.1, 0.15) is 5.75 Å². The number of ether oxygens (including phenoxy) is 1. The number of nitrogens with one attached hydrogen (secondary N) is 1. The lowest BCUT2D eigenvalue weighted by Crippen LogP contribution is -2.55. The van der Waals surface area contributed by atoms with Crippen LogP contribution >= 0.6 is 0 Å². The molecule has 0 aromatic heterocycles. The van der Waals surface area contributed by atoms with Gasteiger partial charge in [0.2, 0.25) is 5.91 Å². The molecule has 2 aliphatic carbocycles. The lowest BCUT2D eigenvalue weighted by atomic mass is 9.85. The zero-order valence-corrected chi connectivity index (χ0v) is 15.1. The molecule has 4 N–H and O–H groups in total. The summed E-state index contributed by atoms with van der Waals surface area (Å²) < 4.78 is 5.41. The van der Waals surface area contributed by atoms with Gasteiger partial charge in [0.15, 0.2) is 6.61 Å². The highest BCUT2D eigenvalue weighted by Crippen LogP contribution is 2.33. The van der Waals surface area contributed by atoms with Crippen LogP contribution in [0, 0.1) is 5.92 Å². The molecule has 0 aliphatic heterocycles. The van der Waals surface area contributed by atoms with Crippen molar-refractivity contribution in [3.63, 3.8) is 0 Å². The van der Waals surface area contributed by atoms with Gasteiger partial charge in [-0.1, -0.05) is 0 Å². The van der Waals surface area contributed by atoms with Crippen molar-refractivity contribution < 1.29 is 24.2 Å². The smallest absolute Gasteiger partial charge is 0.317 e. The van der Waals surface area contributed by atoms with E-state index in [1.807, 2.05) is 4.90 Å². The van der Waals surface area contributed by atoms with Crippen molar-refractivity contribution >= 4 is 17.8 Å². The maximum Gasteiger partial charge on any atom is 0.317 e. The molecule has 27 heavy (non-hydrogen) atoms. The molecule has 8 heteroatoms. The number of carboxylic acid groups (broad SMARTS) is 1. The average Bonchev–Trinajstić information content (AvgIpc) is 3.39. The molecule has 0 bridgehead atoms. The molecule has 1 aromatic carbocycles. The van der Waals surface area contributed by atoms with Crippen molar-refractivity contribution in [3.8, 4) is 5.75 Å². The van der Waals surface area contributed by atoms with Crippen LogP contribution in [-0.2, 0) is 9.59 Å². The van der Waals surface area contributed by atoms with Crippen LogP contribution in [-0.4, -0.2) is 59.6 Å². The van der Waals surface area contributed by atoms with Gasteiger partial charge in [0.25, 0.3) is 5.91 Å². The zero-order chi connectivity index (χ0) is 19.4. The first-order chi connectivity index (χ1) is 12.9. The van der Waals surface area contributed by atoms with Crippen molar-refractivity contribution in [3.05, 3.63) is 29.8 Å². The number of carbonyl (C=O) groups excluding carboxylic acids is 2. The highest BCUT2D eigenvalue weighted by atomic mass is 16.5. The summed E-state index contributed by atoms with van der Waals surface area (Å²) in [4.78, 5) is 36.1. The Hall–Kier alpha value is -2.61. The third-order valence-electron chi connectivity index (χ3n) is 5.03. The molecule has 0 unspecified atom stereocenters. The number of hydrogen-bond acceptors (Lipinski definition) is 5. The van der Waals surface area contributed by atoms with E-state index in [-0.39, 0.29) is 31.1 Å². The largest absolute Gasteiger partial charge is 0.484 e. The lowest BCUT2D eigenvalue weighted by Gasteiger charge is -2.42. The molecule has 2 aliphatic rings. The number of carbonyl (C=O) groups is 3. The molecular weight excluding hydrogens is 350 g/mol. The standard InChI is InChI=1S/C19H25N3O5/c20-19(26)13-3-5-16(6-4-13)27-11-17(23)21-14-7-15(8-14)22(10-18(24)25)9-12-1-2-12/h3-6,12,14-15H,1-2,7-11H2,(H2,20,26)(H,21,23)(H,24,25). The minimum atomic E-state index is -0.807. The molecule has 0 spiro atoms. The molecule has 2 saturated carbocycles. The Morgan fingerprint density at radius 2 is 1.85 bits per heavy atom. The number of rotatable bonds is 10. The van der Waals surface area contributed by atoms with E-state index in [2.05, 4.69) is 5.32 Å². The molecule has 3 rings (SSSR count). The number of aliphatic carboxylic acids is 1. The average molecular weight is 375 g/mol. The molecule has 0 saturated heterocycles. The number of hydrogen-bond donors (Lipinski definition) is 3. The highest BCUT2D eigenvalue weighted by molar-refractivity contribution is 5.92.